The maximum Gasteiger partial charge on any atom is 0.326 e. The number of nitrogens with one attached hydrogen (secondary N) is 2. The molecular formula is C18H31N5O6. The van der Waals surface area contributed by atoms with Gasteiger partial charge < -0.3 is 32.1 Å². The molecule has 0 radical (unpaired) electrons. The predicted molar refractivity (Wildman–Crippen MR) is 103 cm³/mol. The van der Waals surface area contributed by atoms with Gasteiger partial charge in [-0.15, -0.1) is 0 Å². The van der Waals surface area contributed by atoms with Crippen LogP contribution in [-0.2, 0) is 24.0 Å². The third-order valence-corrected chi connectivity index (χ3v) is 5.05. The molecule has 7 N–H and O–H groups in total. The molecule has 0 bridgehead atoms. The van der Waals surface area contributed by atoms with E-state index >= 15 is 0 Å². The number of rotatable bonds is 10. The lowest BCUT2D eigenvalue weighted by molar-refractivity contribution is -0.146. The van der Waals surface area contributed by atoms with Gasteiger partial charge in [0.1, 0.15) is 18.1 Å². The Labute approximate surface area is 169 Å². The monoisotopic (exact) mass is 413 g/mol. The highest BCUT2D eigenvalue weighted by atomic mass is 16.4. The molecule has 0 aromatic heterocycles. The molecule has 11 nitrogen and oxygen atoms in total. The summed E-state index contributed by atoms with van der Waals surface area (Å²) in [5, 5.41) is 14.3. The van der Waals surface area contributed by atoms with Gasteiger partial charge in [-0.05, 0) is 25.7 Å². The maximum atomic E-state index is 12.9. The second kappa shape index (κ2) is 10.7. The summed E-state index contributed by atoms with van der Waals surface area (Å²) in [6.45, 7) is 5.19. The number of primary amides is 1. The minimum absolute atomic E-state index is 0.237. The molecule has 0 aromatic carbocycles. The Morgan fingerprint density at radius 3 is 2.28 bits per heavy atom. The number of carbonyl (C=O) groups is 5. The predicted octanol–water partition coefficient (Wildman–Crippen LogP) is -1.70. The van der Waals surface area contributed by atoms with Crippen molar-refractivity contribution >= 4 is 29.6 Å². The van der Waals surface area contributed by atoms with E-state index < -0.39 is 60.2 Å². The quantitative estimate of drug-likeness (QED) is 0.282. The summed E-state index contributed by atoms with van der Waals surface area (Å²) >= 11 is 0. The molecule has 4 amide bonds. The number of hydrogen-bond donors (Lipinski definition) is 5. The summed E-state index contributed by atoms with van der Waals surface area (Å²) in [4.78, 5) is 61.6. The van der Waals surface area contributed by atoms with Crippen molar-refractivity contribution in [2.75, 3.05) is 6.54 Å². The van der Waals surface area contributed by atoms with Crippen molar-refractivity contribution in [2.45, 2.75) is 70.6 Å². The highest BCUT2D eigenvalue weighted by Gasteiger charge is 2.39. The van der Waals surface area contributed by atoms with Gasteiger partial charge in [0.05, 0.1) is 12.5 Å². The average molecular weight is 413 g/mol. The third-order valence-electron chi connectivity index (χ3n) is 5.05. The van der Waals surface area contributed by atoms with E-state index in [9.17, 15) is 29.1 Å². The third kappa shape index (κ3) is 6.70. The molecule has 5 atom stereocenters. The normalized spacial score (nSPS) is 20.3. The van der Waals surface area contributed by atoms with E-state index in [0.29, 0.717) is 19.3 Å². The van der Waals surface area contributed by atoms with Gasteiger partial charge in [0.15, 0.2) is 0 Å². The first-order valence-corrected chi connectivity index (χ1v) is 9.67. The number of hydrogen-bond acceptors (Lipinski definition) is 6. The average Bonchev–Trinajstić information content (AvgIpc) is 3.13. The van der Waals surface area contributed by atoms with Crippen LogP contribution in [0.15, 0.2) is 0 Å². The molecule has 1 saturated heterocycles. The van der Waals surface area contributed by atoms with Gasteiger partial charge in [0.2, 0.25) is 23.6 Å². The van der Waals surface area contributed by atoms with Crippen LogP contribution >= 0.6 is 0 Å². The minimum Gasteiger partial charge on any atom is -0.480 e. The minimum atomic E-state index is -1.25. The summed E-state index contributed by atoms with van der Waals surface area (Å²) in [6, 6.07) is -4.12. The van der Waals surface area contributed by atoms with E-state index in [0.717, 1.165) is 0 Å². The van der Waals surface area contributed by atoms with Crippen LogP contribution in [0.3, 0.4) is 0 Å². The Hall–Kier alpha value is -2.69. The number of carboxylic acid groups (broad SMARTS) is 1. The molecule has 1 aliphatic rings. The van der Waals surface area contributed by atoms with Gasteiger partial charge in [-0.25, -0.2) is 4.79 Å². The van der Waals surface area contributed by atoms with Gasteiger partial charge in [-0.3, -0.25) is 19.2 Å². The Bertz CT molecular complexity index is 653. The van der Waals surface area contributed by atoms with Gasteiger partial charge in [0, 0.05) is 6.54 Å². The standard InChI is InChI=1S/C18H31N5O6/c1-4-9(2)14(18(28)29)22-16(26)12-6-5-7-23(12)17(27)11(8-13(20)24)21-15(25)10(3)19/h9-12,14H,4-8,19H2,1-3H3,(H2,20,24)(H,21,25)(H,22,26)(H,28,29). The zero-order valence-electron chi connectivity index (χ0n) is 17.0. The van der Waals surface area contributed by atoms with E-state index in [1.807, 2.05) is 6.92 Å². The Balaban J connectivity index is 2.97. The lowest BCUT2D eigenvalue weighted by Gasteiger charge is -2.30. The van der Waals surface area contributed by atoms with Crippen LogP contribution in [0.2, 0.25) is 0 Å². The Kier molecular flexibility index (Phi) is 9.02. The molecule has 1 fully saturated rings. The fraction of sp³-hybridized carbons (Fsp3) is 0.722. The van der Waals surface area contributed by atoms with E-state index in [1.54, 1.807) is 6.92 Å². The second-order valence-corrected chi connectivity index (χ2v) is 7.42. The van der Waals surface area contributed by atoms with Crippen molar-refractivity contribution in [3.8, 4) is 0 Å². The summed E-state index contributed by atoms with van der Waals surface area (Å²) < 4.78 is 0. The zero-order valence-corrected chi connectivity index (χ0v) is 17.0. The van der Waals surface area contributed by atoms with Crippen molar-refractivity contribution in [1.29, 1.82) is 0 Å². The van der Waals surface area contributed by atoms with Gasteiger partial charge in [-0.1, -0.05) is 20.3 Å². The van der Waals surface area contributed by atoms with Gasteiger partial charge in [0.25, 0.3) is 0 Å². The van der Waals surface area contributed by atoms with Crippen molar-refractivity contribution in [1.82, 2.24) is 15.5 Å². The van der Waals surface area contributed by atoms with Crippen molar-refractivity contribution in [3.05, 3.63) is 0 Å². The summed E-state index contributed by atoms with van der Waals surface area (Å²) in [7, 11) is 0. The first-order valence-electron chi connectivity index (χ1n) is 9.67. The molecule has 1 rings (SSSR count). The highest BCUT2D eigenvalue weighted by molar-refractivity contribution is 5.96. The van der Waals surface area contributed by atoms with E-state index in [-0.39, 0.29) is 12.5 Å². The van der Waals surface area contributed by atoms with Crippen molar-refractivity contribution < 1.29 is 29.1 Å². The smallest absolute Gasteiger partial charge is 0.326 e. The molecule has 0 spiro atoms. The van der Waals surface area contributed by atoms with E-state index in [4.69, 9.17) is 11.5 Å². The van der Waals surface area contributed by atoms with E-state index in [2.05, 4.69) is 10.6 Å². The fourth-order valence-corrected chi connectivity index (χ4v) is 3.14. The van der Waals surface area contributed by atoms with Crippen LogP contribution in [-0.4, -0.2) is 70.3 Å². The van der Waals surface area contributed by atoms with Crippen molar-refractivity contribution in [3.63, 3.8) is 0 Å². The summed E-state index contributed by atoms with van der Waals surface area (Å²) in [6.07, 6.45) is 0.978. The van der Waals surface area contributed by atoms with Crippen LogP contribution < -0.4 is 22.1 Å². The summed E-state index contributed by atoms with van der Waals surface area (Å²) in [5.41, 5.74) is 10.7. The van der Waals surface area contributed by atoms with E-state index in [1.165, 1.54) is 11.8 Å². The summed E-state index contributed by atoms with van der Waals surface area (Å²) in [5.74, 6) is -4.09. The molecule has 1 aliphatic heterocycles. The van der Waals surface area contributed by atoms with Crippen LogP contribution in [0.1, 0.15) is 46.5 Å². The maximum absolute atomic E-state index is 12.9. The van der Waals surface area contributed by atoms with Crippen LogP contribution in [0.4, 0.5) is 0 Å². The Morgan fingerprint density at radius 1 is 1.17 bits per heavy atom. The lowest BCUT2D eigenvalue weighted by atomic mass is 9.98. The first kappa shape index (κ1) is 24.3. The molecule has 11 heteroatoms. The number of nitrogens with two attached hydrogens (primary N) is 2. The molecule has 1 heterocycles. The molecule has 0 aliphatic carbocycles. The van der Waals surface area contributed by atoms with Crippen LogP contribution in [0, 0.1) is 5.92 Å². The molecule has 5 unspecified atom stereocenters. The lowest BCUT2D eigenvalue weighted by Crippen LogP contribution is -2.57. The van der Waals surface area contributed by atoms with Gasteiger partial charge in [-0.2, -0.15) is 0 Å². The SMILES string of the molecule is CCC(C)C(NC(=O)C1CCCN1C(=O)C(CC(N)=O)NC(=O)C(C)N)C(=O)O. The topological polar surface area (TPSA) is 185 Å². The highest BCUT2D eigenvalue weighted by Crippen LogP contribution is 2.20. The van der Waals surface area contributed by atoms with Crippen molar-refractivity contribution in [2.24, 2.45) is 17.4 Å². The Morgan fingerprint density at radius 2 is 1.79 bits per heavy atom. The number of carboxylic acids is 1. The number of amides is 4. The number of nitrogens with zero attached hydrogens (tertiary/aromatic N) is 1. The van der Waals surface area contributed by atoms with Crippen LogP contribution in [0.25, 0.3) is 0 Å². The van der Waals surface area contributed by atoms with Crippen LogP contribution in [0.5, 0.6) is 0 Å². The fourth-order valence-electron chi connectivity index (χ4n) is 3.14. The number of carbonyl (C=O) groups excluding carboxylic acids is 4. The number of likely N-dealkylation sites (tertiary alicyclic amines) is 1. The molecule has 0 saturated carbocycles. The largest absolute Gasteiger partial charge is 0.480 e. The number of aliphatic carboxylic acids is 1. The molecular weight excluding hydrogens is 382 g/mol. The molecule has 0 aromatic rings. The first-order chi connectivity index (χ1) is 13.5. The molecule has 164 valence electrons. The second-order valence-electron chi connectivity index (χ2n) is 7.42. The van der Waals surface area contributed by atoms with Gasteiger partial charge >= 0.3 is 5.97 Å². The zero-order chi connectivity index (χ0) is 22.3. The molecule has 29 heavy (non-hydrogen) atoms.